The van der Waals surface area contributed by atoms with E-state index in [0.29, 0.717) is 11.0 Å². The molecule has 6 nitrogen and oxygen atoms in total. The molecule has 2 rings (SSSR count). The molecule has 0 spiro atoms. The van der Waals surface area contributed by atoms with Gasteiger partial charge in [0.25, 0.3) is 0 Å². The largest absolute Gasteiger partial charge is 0.344 e. The number of thiazole rings is 1. The molecule has 2 aromatic heterocycles. The van der Waals surface area contributed by atoms with Crippen molar-refractivity contribution >= 4 is 44.2 Å². The third-order valence-corrected chi connectivity index (χ3v) is 4.87. The molecule has 2 amide bonds. The van der Waals surface area contributed by atoms with E-state index >= 15 is 0 Å². The van der Waals surface area contributed by atoms with Gasteiger partial charge in [0.05, 0.1) is 6.42 Å². The fraction of sp³-hybridized carbons (Fsp3) is 0.375. The Balaban J connectivity index is 1.87. The molecule has 2 aromatic rings. The monoisotopic (exact) mass is 410 g/mol. The van der Waals surface area contributed by atoms with Crippen molar-refractivity contribution in [3.63, 3.8) is 0 Å². The molecule has 2 N–H and O–H groups in total. The molecule has 2 heterocycles. The van der Waals surface area contributed by atoms with Crippen molar-refractivity contribution in [2.75, 3.05) is 5.32 Å². The summed E-state index contributed by atoms with van der Waals surface area (Å²) in [5.74, 6) is -0.163. The average Bonchev–Trinajstić information content (AvgIpc) is 2.95. The van der Waals surface area contributed by atoms with Gasteiger partial charge in [-0.15, -0.1) is 11.3 Å². The topological polar surface area (TPSA) is 84.0 Å². The second kappa shape index (κ2) is 8.34. The van der Waals surface area contributed by atoms with Crippen molar-refractivity contribution < 1.29 is 9.59 Å². The first-order valence-electron chi connectivity index (χ1n) is 7.50. The molecular weight excluding hydrogens is 392 g/mol. The van der Waals surface area contributed by atoms with Gasteiger partial charge in [0.15, 0.2) is 5.13 Å². The SMILES string of the molecule is CC(NC(=O)Cc1cncc(Br)c1)C(=O)Nc1ncc(C(C)C)s1. The number of aromatic nitrogens is 2. The lowest BCUT2D eigenvalue weighted by Gasteiger charge is -2.13. The number of hydrogen-bond donors (Lipinski definition) is 2. The normalized spacial score (nSPS) is 12.0. The first kappa shape index (κ1) is 18.5. The number of pyridine rings is 1. The third-order valence-electron chi connectivity index (χ3n) is 3.22. The van der Waals surface area contributed by atoms with E-state index < -0.39 is 6.04 Å². The predicted octanol–water partition coefficient (Wildman–Crippen LogP) is 3.11. The summed E-state index contributed by atoms with van der Waals surface area (Å²) in [6, 6.07) is 1.17. The standard InChI is InChI=1S/C16H19BrN4O2S/c1-9(2)13-8-19-16(24-13)21-15(23)10(3)20-14(22)5-11-4-12(17)7-18-6-11/h4,6-10H,5H2,1-3H3,(H,20,22)(H,19,21,23). The molecule has 0 fully saturated rings. The molecule has 0 saturated carbocycles. The highest BCUT2D eigenvalue weighted by molar-refractivity contribution is 9.10. The lowest BCUT2D eigenvalue weighted by molar-refractivity contribution is -0.125. The zero-order valence-corrected chi connectivity index (χ0v) is 16.1. The molecule has 1 atom stereocenters. The number of rotatable bonds is 6. The summed E-state index contributed by atoms with van der Waals surface area (Å²) in [7, 11) is 0. The van der Waals surface area contributed by atoms with Crippen LogP contribution in [0.1, 0.15) is 37.1 Å². The van der Waals surface area contributed by atoms with Crippen LogP contribution in [0.5, 0.6) is 0 Å². The van der Waals surface area contributed by atoms with Gasteiger partial charge in [-0.3, -0.25) is 14.6 Å². The van der Waals surface area contributed by atoms with E-state index in [1.165, 1.54) is 11.3 Å². The minimum atomic E-state index is -0.649. The number of carbonyl (C=O) groups is 2. The second-order valence-corrected chi connectivity index (χ2v) is 7.67. The Morgan fingerprint density at radius 2 is 2.00 bits per heavy atom. The summed E-state index contributed by atoms with van der Waals surface area (Å²) in [6.45, 7) is 5.78. The molecule has 0 saturated heterocycles. The maximum atomic E-state index is 12.2. The van der Waals surface area contributed by atoms with E-state index in [1.54, 1.807) is 25.5 Å². The van der Waals surface area contributed by atoms with Crippen LogP contribution in [0.25, 0.3) is 0 Å². The van der Waals surface area contributed by atoms with E-state index in [-0.39, 0.29) is 18.2 Å². The first-order chi connectivity index (χ1) is 11.3. The van der Waals surface area contributed by atoms with Crippen LogP contribution in [0.15, 0.2) is 29.1 Å². The van der Waals surface area contributed by atoms with Crippen LogP contribution in [0, 0.1) is 0 Å². The van der Waals surface area contributed by atoms with Gasteiger partial charge >= 0.3 is 0 Å². The van der Waals surface area contributed by atoms with Crippen LogP contribution >= 0.6 is 27.3 Å². The Hall–Kier alpha value is -1.80. The summed E-state index contributed by atoms with van der Waals surface area (Å²) >= 11 is 4.75. The van der Waals surface area contributed by atoms with Gasteiger partial charge in [-0.2, -0.15) is 0 Å². The number of nitrogens with one attached hydrogen (secondary N) is 2. The highest BCUT2D eigenvalue weighted by Gasteiger charge is 2.17. The Morgan fingerprint density at radius 3 is 2.62 bits per heavy atom. The maximum absolute atomic E-state index is 12.2. The summed E-state index contributed by atoms with van der Waals surface area (Å²) in [4.78, 5) is 33.5. The van der Waals surface area contributed by atoms with Crippen LogP contribution in [-0.2, 0) is 16.0 Å². The zero-order chi connectivity index (χ0) is 17.7. The number of carbonyl (C=O) groups excluding carboxylic acids is 2. The van der Waals surface area contributed by atoms with Crippen molar-refractivity contribution in [2.24, 2.45) is 0 Å². The minimum absolute atomic E-state index is 0.165. The molecule has 0 aromatic carbocycles. The molecule has 0 aliphatic rings. The van der Waals surface area contributed by atoms with E-state index in [2.05, 4.69) is 50.4 Å². The van der Waals surface area contributed by atoms with Gasteiger partial charge in [0.2, 0.25) is 11.8 Å². The maximum Gasteiger partial charge on any atom is 0.248 e. The van der Waals surface area contributed by atoms with E-state index in [9.17, 15) is 9.59 Å². The smallest absolute Gasteiger partial charge is 0.248 e. The van der Waals surface area contributed by atoms with Gasteiger partial charge in [-0.05, 0) is 40.4 Å². The van der Waals surface area contributed by atoms with Crippen molar-refractivity contribution in [3.05, 3.63) is 39.6 Å². The molecule has 128 valence electrons. The van der Waals surface area contributed by atoms with Crippen molar-refractivity contribution in [3.8, 4) is 0 Å². The molecule has 1 unspecified atom stereocenters. The molecule has 24 heavy (non-hydrogen) atoms. The average molecular weight is 411 g/mol. The van der Waals surface area contributed by atoms with Crippen LogP contribution < -0.4 is 10.6 Å². The predicted molar refractivity (Wildman–Crippen MR) is 98.1 cm³/mol. The highest BCUT2D eigenvalue weighted by atomic mass is 79.9. The molecule has 8 heteroatoms. The number of halogens is 1. The third kappa shape index (κ3) is 5.38. The zero-order valence-electron chi connectivity index (χ0n) is 13.7. The van der Waals surface area contributed by atoms with Crippen LogP contribution in [0.2, 0.25) is 0 Å². The number of hydrogen-bond acceptors (Lipinski definition) is 5. The van der Waals surface area contributed by atoms with Gasteiger partial charge < -0.3 is 10.6 Å². The van der Waals surface area contributed by atoms with Crippen molar-refractivity contribution in [1.29, 1.82) is 0 Å². The molecular formula is C16H19BrN4O2S. The quantitative estimate of drug-likeness (QED) is 0.765. The van der Waals surface area contributed by atoms with E-state index in [4.69, 9.17) is 0 Å². The van der Waals surface area contributed by atoms with Crippen molar-refractivity contribution in [2.45, 2.75) is 39.2 Å². The first-order valence-corrected chi connectivity index (χ1v) is 9.11. The lowest BCUT2D eigenvalue weighted by Crippen LogP contribution is -2.42. The lowest BCUT2D eigenvalue weighted by atomic mass is 10.2. The van der Waals surface area contributed by atoms with Crippen molar-refractivity contribution in [1.82, 2.24) is 15.3 Å². The van der Waals surface area contributed by atoms with Crippen LogP contribution in [0.3, 0.4) is 0 Å². The minimum Gasteiger partial charge on any atom is -0.344 e. The van der Waals surface area contributed by atoms with Gasteiger partial charge in [0, 0.05) is 27.9 Å². The fourth-order valence-corrected chi connectivity index (χ4v) is 3.15. The summed E-state index contributed by atoms with van der Waals surface area (Å²) < 4.78 is 0.809. The van der Waals surface area contributed by atoms with E-state index in [1.807, 2.05) is 6.07 Å². The Morgan fingerprint density at radius 1 is 1.25 bits per heavy atom. The molecule has 0 radical (unpaired) electrons. The molecule has 0 aliphatic carbocycles. The van der Waals surface area contributed by atoms with Gasteiger partial charge in [-0.1, -0.05) is 13.8 Å². The van der Waals surface area contributed by atoms with Crippen LogP contribution in [-0.4, -0.2) is 27.8 Å². The summed E-state index contributed by atoms with van der Waals surface area (Å²) in [5.41, 5.74) is 0.774. The number of anilines is 1. The summed E-state index contributed by atoms with van der Waals surface area (Å²) in [5, 5.41) is 5.95. The van der Waals surface area contributed by atoms with Gasteiger partial charge in [0.1, 0.15) is 6.04 Å². The number of nitrogens with zero attached hydrogens (tertiary/aromatic N) is 2. The fourth-order valence-electron chi connectivity index (χ4n) is 1.92. The molecule has 0 aliphatic heterocycles. The Kier molecular flexibility index (Phi) is 6.44. The Labute approximate surface area is 153 Å². The number of amides is 2. The van der Waals surface area contributed by atoms with Gasteiger partial charge in [-0.25, -0.2) is 4.98 Å². The second-order valence-electron chi connectivity index (χ2n) is 5.69. The highest BCUT2D eigenvalue weighted by Crippen LogP contribution is 2.25. The van der Waals surface area contributed by atoms with E-state index in [0.717, 1.165) is 14.9 Å². The summed E-state index contributed by atoms with van der Waals surface area (Å²) in [6.07, 6.45) is 5.20. The molecule has 0 bridgehead atoms. The van der Waals surface area contributed by atoms with Crippen LogP contribution in [0.4, 0.5) is 5.13 Å². The Bertz CT molecular complexity index is 732.